The molecule has 2 nitrogen and oxygen atoms in total. The Morgan fingerprint density at radius 2 is 2.33 bits per heavy atom. The molecule has 9 heavy (non-hydrogen) atoms. The summed E-state index contributed by atoms with van der Waals surface area (Å²) < 4.78 is 4.97. The maximum atomic E-state index is 10.7. The highest BCUT2D eigenvalue weighted by atomic mass is 16.5. The largest absolute Gasteiger partial charge is 0.463 e. The van der Waals surface area contributed by atoms with Gasteiger partial charge in [0.05, 0.1) is 6.10 Å². The molecule has 0 aromatic carbocycles. The summed E-state index contributed by atoms with van der Waals surface area (Å²) >= 11 is 0. The molecule has 0 saturated carbocycles. The Kier molecular flexibility index (Phi) is 2.09. The highest BCUT2D eigenvalue weighted by molar-refractivity contribution is 5.69. The molecule has 1 aliphatic heterocycles. The maximum Gasteiger partial charge on any atom is 0.306 e. The van der Waals surface area contributed by atoms with Crippen molar-refractivity contribution >= 4 is 5.97 Å². The average molecular weight is 128 g/mol. The normalized spacial score (nSPS) is 29.0. The molecule has 1 saturated heterocycles. The van der Waals surface area contributed by atoms with E-state index < -0.39 is 0 Å². The molecule has 1 atom stereocenters. The number of hydrogen-bond acceptors (Lipinski definition) is 2. The van der Waals surface area contributed by atoms with Gasteiger partial charge < -0.3 is 4.74 Å². The number of hydrogen-bond donors (Lipinski definition) is 0. The number of carbonyl (C=O) groups excluding carboxylic acids is 1. The fraction of sp³-hybridized carbons (Fsp3) is 0.857. The second kappa shape index (κ2) is 2.85. The van der Waals surface area contributed by atoms with Gasteiger partial charge in [0.15, 0.2) is 0 Å². The van der Waals surface area contributed by atoms with E-state index in [-0.39, 0.29) is 12.1 Å². The Labute approximate surface area is 55.2 Å². The molecule has 52 valence electrons. The smallest absolute Gasteiger partial charge is 0.306 e. The molecular weight excluding hydrogens is 116 g/mol. The van der Waals surface area contributed by atoms with Crippen LogP contribution in [0.2, 0.25) is 0 Å². The highest BCUT2D eigenvalue weighted by Gasteiger charge is 2.12. The Morgan fingerprint density at radius 1 is 1.56 bits per heavy atom. The van der Waals surface area contributed by atoms with Crippen molar-refractivity contribution < 1.29 is 9.53 Å². The van der Waals surface area contributed by atoms with Gasteiger partial charge in [-0.2, -0.15) is 0 Å². The van der Waals surface area contributed by atoms with Crippen molar-refractivity contribution in [3.63, 3.8) is 0 Å². The molecule has 0 aromatic rings. The van der Waals surface area contributed by atoms with E-state index in [1.165, 1.54) is 0 Å². The molecule has 0 unspecified atom stereocenters. The van der Waals surface area contributed by atoms with E-state index in [4.69, 9.17) is 4.74 Å². The van der Waals surface area contributed by atoms with E-state index >= 15 is 0 Å². The second-order valence-corrected chi connectivity index (χ2v) is 2.55. The van der Waals surface area contributed by atoms with Gasteiger partial charge in [0.25, 0.3) is 0 Å². The number of carbonyl (C=O) groups is 1. The van der Waals surface area contributed by atoms with Gasteiger partial charge in [0.2, 0.25) is 0 Å². The Bertz CT molecular complexity index is 109. The summed E-state index contributed by atoms with van der Waals surface area (Å²) in [5.41, 5.74) is 0. The first-order valence-electron chi connectivity index (χ1n) is 3.48. The fourth-order valence-corrected chi connectivity index (χ4v) is 1.04. The zero-order valence-corrected chi connectivity index (χ0v) is 5.72. The van der Waals surface area contributed by atoms with E-state index in [1.54, 1.807) is 0 Å². The van der Waals surface area contributed by atoms with E-state index in [2.05, 4.69) is 0 Å². The Hall–Kier alpha value is -0.530. The second-order valence-electron chi connectivity index (χ2n) is 2.55. The molecule has 0 N–H and O–H groups in total. The van der Waals surface area contributed by atoms with Crippen molar-refractivity contribution in [1.82, 2.24) is 0 Å². The average Bonchev–Trinajstić information content (AvgIpc) is 1.93. The molecule has 0 bridgehead atoms. The fourth-order valence-electron chi connectivity index (χ4n) is 1.04. The van der Waals surface area contributed by atoms with Crippen LogP contribution < -0.4 is 0 Å². The lowest BCUT2D eigenvalue weighted by Gasteiger charge is -2.06. The molecule has 1 heterocycles. The molecule has 1 fully saturated rings. The van der Waals surface area contributed by atoms with Crippen molar-refractivity contribution in [2.24, 2.45) is 0 Å². The van der Waals surface area contributed by atoms with Crippen molar-refractivity contribution in [3.8, 4) is 0 Å². The molecule has 0 radical (unpaired) electrons. The first-order valence-corrected chi connectivity index (χ1v) is 3.48. The number of rotatable bonds is 0. The van der Waals surface area contributed by atoms with E-state index in [0.717, 1.165) is 19.3 Å². The summed E-state index contributed by atoms with van der Waals surface area (Å²) in [7, 11) is 0. The summed E-state index contributed by atoms with van der Waals surface area (Å²) in [6, 6.07) is 0. The summed E-state index contributed by atoms with van der Waals surface area (Å²) in [6.07, 6.45) is 3.94. The summed E-state index contributed by atoms with van der Waals surface area (Å²) in [4.78, 5) is 10.7. The van der Waals surface area contributed by atoms with Crippen LogP contribution in [0, 0.1) is 0 Å². The van der Waals surface area contributed by atoms with Crippen LogP contribution in [0.1, 0.15) is 32.6 Å². The maximum absolute atomic E-state index is 10.7. The third kappa shape index (κ3) is 2.04. The van der Waals surface area contributed by atoms with Gasteiger partial charge in [-0.1, -0.05) is 0 Å². The van der Waals surface area contributed by atoms with Gasteiger partial charge in [-0.15, -0.1) is 0 Å². The van der Waals surface area contributed by atoms with Gasteiger partial charge >= 0.3 is 5.97 Å². The molecule has 0 spiro atoms. The van der Waals surface area contributed by atoms with Crippen LogP contribution in [0.3, 0.4) is 0 Å². The minimum atomic E-state index is -0.0278. The molecule has 2 heteroatoms. The zero-order chi connectivity index (χ0) is 6.69. The molecule has 0 amide bonds. The minimum Gasteiger partial charge on any atom is -0.463 e. The summed E-state index contributed by atoms with van der Waals surface area (Å²) in [6.45, 7) is 1.95. The summed E-state index contributed by atoms with van der Waals surface area (Å²) in [5, 5.41) is 0. The van der Waals surface area contributed by atoms with Crippen LogP contribution in [0.4, 0.5) is 0 Å². The van der Waals surface area contributed by atoms with Crippen molar-refractivity contribution in [2.75, 3.05) is 0 Å². The molecule has 1 aliphatic rings. The van der Waals surface area contributed by atoms with Crippen LogP contribution in [0.25, 0.3) is 0 Å². The first-order chi connectivity index (χ1) is 4.29. The number of cyclic esters (lactones) is 1. The predicted molar refractivity (Wildman–Crippen MR) is 34.0 cm³/mol. The van der Waals surface area contributed by atoms with Crippen molar-refractivity contribution in [1.29, 1.82) is 0 Å². The standard InChI is InChI=1S/C7H12O2/c1-6-4-2-3-5-7(8)9-6/h6H,2-5H2,1H3/t6-/m0/s1. The Balaban J connectivity index is 2.37. The zero-order valence-electron chi connectivity index (χ0n) is 5.72. The molecule has 1 rings (SSSR count). The lowest BCUT2D eigenvalue weighted by molar-refractivity contribution is -0.147. The van der Waals surface area contributed by atoms with Gasteiger partial charge in [0, 0.05) is 6.42 Å². The van der Waals surface area contributed by atoms with Gasteiger partial charge in [-0.3, -0.25) is 4.79 Å². The lowest BCUT2D eigenvalue weighted by Crippen LogP contribution is -2.10. The molecular formula is C7H12O2. The third-order valence-electron chi connectivity index (χ3n) is 1.57. The van der Waals surface area contributed by atoms with Crippen LogP contribution in [0.15, 0.2) is 0 Å². The quantitative estimate of drug-likeness (QED) is 0.462. The molecule has 0 aliphatic carbocycles. The summed E-state index contributed by atoms with van der Waals surface area (Å²) in [5.74, 6) is -0.0278. The number of ether oxygens (including phenoxy) is 1. The van der Waals surface area contributed by atoms with Crippen LogP contribution in [-0.2, 0) is 9.53 Å². The third-order valence-corrected chi connectivity index (χ3v) is 1.57. The van der Waals surface area contributed by atoms with Crippen LogP contribution in [0.5, 0.6) is 0 Å². The van der Waals surface area contributed by atoms with Crippen molar-refractivity contribution in [2.45, 2.75) is 38.7 Å². The molecule has 0 aromatic heterocycles. The minimum absolute atomic E-state index is 0.0278. The van der Waals surface area contributed by atoms with Gasteiger partial charge in [0.1, 0.15) is 0 Å². The van der Waals surface area contributed by atoms with E-state index in [0.29, 0.717) is 6.42 Å². The van der Waals surface area contributed by atoms with Crippen molar-refractivity contribution in [3.05, 3.63) is 0 Å². The van der Waals surface area contributed by atoms with Crippen LogP contribution >= 0.6 is 0 Å². The Morgan fingerprint density at radius 3 is 3.11 bits per heavy atom. The lowest BCUT2D eigenvalue weighted by atomic mass is 10.2. The van der Waals surface area contributed by atoms with Crippen LogP contribution in [-0.4, -0.2) is 12.1 Å². The first kappa shape index (κ1) is 6.59. The van der Waals surface area contributed by atoms with Gasteiger partial charge in [-0.05, 0) is 26.2 Å². The topological polar surface area (TPSA) is 26.3 Å². The van der Waals surface area contributed by atoms with E-state index in [9.17, 15) is 4.79 Å². The van der Waals surface area contributed by atoms with Gasteiger partial charge in [-0.25, -0.2) is 0 Å². The van der Waals surface area contributed by atoms with E-state index in [1.807, 2.05) is 6.92 Å². The monoisotopic (exact) mass is 128 g/mol. The number of esters is 1. The predicted octanol–water partition coefficient (Wildman–Crippen LogP) is 1.49. The SMILES string of the molecule is C[C@H]1CCCCC(=O)O1. The highest BCUT2D eigenvalue weighted by Crippen LogP contribution is 2.12.